The smallest absolute Gasteiger partial charge is 0.307 e. The molecule has 1 rings (SSSR count). The lowest BCUT2D eigenvalue weighted by Gasteiger charge is -2.20. The van der Waals surface area contributed by atoms with Crippen molar-refractivity contribution in [2.45, 2.75) is 32.2 Å². The molecule has 0 spiro atoms. The quantitative estimate of drug-likeness (QED) is 0.567. The molecule has 88 valence electrons. The van der Waals surface area contributed by atoms with Crippen LogP contribution in [-0.2, 0) is 14.3 Å². The van der Waals surface area contributed by atoms with Crippen LogP contribution in [0, 0.1) is 0 Å². The van der Waals surface area contributed by atoms with E-state index >= 15 is 0 Å². The SMILES string of the molecule is CCOC(=O)CCN(CCOC)C1CC1. The summed E-state index contributed by atoms with van der Waals surface area (Å²) in [4.78, 5) is 13.5. The van der Waals surface area contributed by atoms with Gasteiger partial charge in [-0.1, -0.05) is 0 Å². The summed E-state index contributed by atoms with van der Waals surface area (Å²) in [5.74, 6) is -0.0967. The Morgan fingerprint density at radius 3 is 2.67 bits per heavy atom. The number of hydrogen-bond donors (Lipinski definition) is 0. The molecule has 0 heterocycles. The molecule has 0 N–H and O–H groups in total. The molecule has 0 atom stereocenters. The summed E-state index contributed by atoms with van der Waals surface area (Å²) >= 11 is 0. The second-order valence-corrected chi connectivity index (χ2v) is 3.81. The average molecular weight is 215 g/mol. The molecule has 1 fully saturated rings. The van der Waals surface area contributed by atoms with Crippen molar-refractivity contribution in [3.05, 3.63) is 0 Å². The highest BCUT2D eigenvalue weighted by Crippen LogP contribution is 2.26. The van der Waals surface area contributed by atoms with E-state index in [9.17, 15) is 4.79 Å². The normalized spacial score (nSPS) is 15.7. The molecule has 0 bridgehead atoms. The van der Waals surface area contributed by atoms with E-state index in [0.717, 1.165) is 19.7 Å². The molecule has 0 unspecified atom stereocenters. The van der Waals surface area contributed by atoms with Crippen molar-refractivity contribution in [3.8, 4) is 0 Å². The summed E-state index contributed by atoms with van der Waals surface area (Å²) in [7, 11) is 1.70. The number of ether oxygens (including phenoxy) is 2. The van der Waals surface area contributed by atoms with Crippen LogP contribution in [0.3, 0.4) is 0 Å². The zero-order chi connectivity index (χ0) is 11.1. The van der Waals surface area contributed by atoms with E-state index in [4.69, 9.17) is 9.47 Å². The number of nitrogens with zero attached hydrogens (tertiary/aromatic N) is 1. The van der Waals surface area contributed by atoms with Gasteiger partial charge >= 0.3 is 5.97 Å². The van der Waals surface area contributed by atoms with Crippen LogP contribution in [0.1, 0.15) is 26.2 Å². The Morgan fingerprint density at radius 1 is 1.40 bits per heavy atom. The third-order valence-electron chi connectivity index (χ3n) is 2.55. The van der Waals surface area contributed by atoms with Gasteiger partial charge < -0.3 is 9.47 Å². The van der Waals surface area contributed by atoms with Crippen molar-refractivity contribution in [1.82, 2.24) is 4.90 Å². The van der Waals surface area contributed by atoms with Gasteiger partial charge in [-0.15, -0.1) is 0 Å². The maximum absolute atomic E-state index is 11.2. The monoisotopic (exact) mass is 215 g/mol. The minimum atomic E-state index is -0.0967. The van der Waals surface area contributed by atoms with E-state index in [1.54, 1.807) is 7.11 Å². The average Bonchev–Trinajstić information content (AvgIpc) is 3.02. The molecule has 0 aromatic carbocycles. The molecule has 1 aliphatic rings. The van der Waals surface area contributed by atoms with Crippen molar-refractivity contribution in [2.24, 2.45) is 0 Å². The van der Waals surface area contributed by atoms with E-state index in [2.05, 4.69) is 4.90 Å². The Labute approximate surface area is 91.5 Å². The maximum atomic E-state index is 11.2. The fraction of sp³-hybridized carbons (Fsp3) is 0.909. The van der Waals surface area contributed by atoms with E-state index in [0.29, 0.717) is 19.1 Å². The van der Waals surface area contributed by atoms with Crippen molar-refractivity contribution in [1.29, 1.82) is 0 Å². The fourth-order valence-electron chi connectivity index (χ4n) is 1.59. The fourth-order valence-corrected chi connectivity index (χ4v) is 1.59. The summed E-state index contributed by atoms with van der Waals surface area (Å²) in [6.07, 6.45) is 3.01. The lowest BCUT2D eigenvalue weighted by atomic mass is 10.3. The highest BCUT2D eigenvalue weighted by molar-refractivity contribution is 5.69. The molecule has 1 saturated carbocycles. The molecule has 0 amide bonds. The van der Waals surface area contributed by atoms with Gasteiger partial charge in [0.25, 0.3) is 0 Å². The lowest BCUT2D eigenvalue weighted by molar-refractivity contribution is -0.143. The summed E-state index contributed by atoms with van der Waals surface area (Å²) in [5.41, 5.74) is 0. The first-order valence-electron chi connectivity index (χ1n) is 5.66. The summed E-state index contributed by atoms with van der Waals surface area (Å²) in [6.45, 7) is 4.76. The van der Waals surface area contributed by atoms with Gasteiger partial charge in [0, 0.05) is 26.2 Å². The predicted molar refractivity (Wildman–Crippen MR) is 57.7 cm³/mol. The first-order chi connectivity index (χ1) is 7.27. The number of rotatable bonds is 8. The third kappa shape index (κ3) is 5.14. The Bertz CT molecular complexity index is 192. The van der Waals surface area contributed by atoms with Gasteiger partial charge in [-0.2, -0.15) is 0 Å². The van der Waals surface area contributed by atoms with Crippen molar-refractivity contribution in [3.63, 3.8) is 0 Å². The first kappa shape index (κ1) is 12.5. The van der Waals surface area contributed by atoms with Crippen LogP contribution >= 0.6 is 0 Å². The van der Waals surface area contributed by atoms with Gasteiger partial charge in [0.15, 0.2) is 0 Å². The zero-order valence-corrected chi connectivity index (χ0v) is 9.70. The minimum Gasteiger partial charge on any atom is -0.466 e. The number of carbonyl (C=O) groups excluding carboxylic acids is 1. The van der Waals surface area contributed by atoms with Gasteiger partial charge in [-0.05, 0) is 19.8 Å². The summed E-state index contributed by atoms with van der Waals surface area (Å²) in [5, 5.41) is 0. The van der Waals surface area contributed by atoms with Gasteiger partial charge in [0.05, 0.1) is 19.6 Å². The third-order valence-corrected chi connectivity index (χ3v) is 2.55. The van der Waals surface area contributed by atoms with E-state index < -0.39 is 0 Å². The van der Waals surface area contributed by atoms with Gasteiger partial charge in [-0.3, -0.25) is 9.69 Å². The van der Waals surface area contributed by atoms with Crippen LogP contribution < -0.4 is 0 Å². The van der Waals surface area contributed by atoms with E-state index in [1.807, 2.05) is 6.92 Å². The Kier molecular flexibility index (Phi) is 5.65. The molecule has 1 aliphatic carbocycles. The topological polar surface area (TPSA) is 38.8 Å². The van der Waals surface area contributed by atoms with Gasteiger partial charge in [-0.25, -0.2) is 0 Å². The molecule has 4 nitrogen and oxygen atoms in total. The van der Waals surface area contributed by atoms with Gasteiger partial charge in [0.1, 0.15) is 0 Å². The van der Waals surface area contributed by atoms with Crippen LogP contribution in [0.5, 0.6) is 0 Å². The van der Waals surface area contributed by atoms with Crippen LogP contribution in [0.25, 0.3) is 0 Å². The number of esters is 1. The number of methoxy groups -OCH3 is 1. The van der Waals surface area contributed by atoms with Crippen molar-refractivity contribution >= 4 is 5.97 Å². The molecule has 0 saturated heterocycles. The molecule has 0 aromatic rings. The van der Waals surface area contributed by atoms with Crippen LogP contribution in [0.2, 0.25) is 0 Å². The highest BCUT2D eigenvalue weighted by Gasteiger charge is 2.28. The second kappa shape index (κ2) is 6.80. The molecule has 15 heavy (non-hydrogen) atoms. The summed E-state index contributed by atoms with van der Waals surface area (Å²) < 4.78 is 9.95. The zero-order valence-electron chi connectivity index (χ0n) is 9.70. The van der Waals surface area contributed by atoms with Crippen LogP contribution in [-0.4, -0.2) is 50.3 Å². The lowest BCUT2D eigenvalue weighted by Crippen LogP contribution is -2.32. The second-order valence-electron chi connectivity index (χ2n) is 3.81. The highest BCUT2D eigenvalue weighted by atomic mass is 16.5. The molecule has 4 heteroatoms. The van der Waals surface area contributed by atoms with Crippen LogP contribution in [0.15, 0.2) is 0 Å². The molecular weight excluding hydrogens is 194 g/mol. The van der Waals surface area contributed by atoms with E-state index in [1.165, 1.54) is 12.8 Å². The van der Waals surface area contributed by atoms with Crippen LogP contribution in [0.4, 0.5) is 0 Å². The number of carbonyl (C=O) groups is 1. The maximum Gasteiger partial charge on any atom is 0.307 e. The predicted octanol–water partition coefficient (Wildman–Crippen LogP) is 1.05. The first-order valence-corrected chi connectivity index (χ1v) is 5.66. The minimum absolute atomic E-state index is 0.0967. The summed E-state index contributed by atoms with van der Waals surface area (Å²) in [6, 6.07) is 0.676. The molecule has 0 aromatic heterocycles. The standard InChI is InChI=1S/C11H21NO3/c1-3-15-11(13)6-7-12(8-9-14-2)10-4-5-10/h10H,3-9H2,1-2H3. The molecular formula is C11H21NO3. The Hall–Kier alpha value is -0.610. The van der Waals surface area contributed by atoms with E-state index in [-0.39, 0.29) is 5.97 Å². The Morgan fingerprint density at radius 2 is 2.13 bits per heavy atom. The molecule has 0 aliphatic heterocycles. The molecule has 0 radical (unpaired) electrons. The number of hydrogen-bond acceptors (Lipinski definition) is 4. The largest absolute Gasteiger partial charge is 0.466 e. The van der Waals surface area contributed by atoms with Gasteiger partial charge in [0.2, 0.25) is 0 Å². The van der Waals surface area contributed by atoms with Crippen molar-refractivity contribution < 1.29 is 14.3 Å². The van der Waals surface area contributed by atoms with Crippen molar-refractivity contribution in [2.75, 3.05) is 33.4 Å². The Balaban J connectivity index is 2.16.